The van der Waals surface area contributed by atoms with E-state index in [1.807, 2.05) is 6.07 Å². The molecule has 162 valence electrons. The number of anilines is 1. The maximum Gasteiger partial charge on any atom is 0.194 e. The molecule has 3 atom stereocenters. The number of ether oxygens (including phenoxy) is 2. The average Bonchev–Trinajstić information content (AvgIpc) is 3.18. The van der Waals surface area contributed by atoms with Gasteiger partial charge in [0.1, 0.15) is 5.75 Å². The number of nitrogens with one attached hydrogen (secondary N) is 1. The number of fused-ring (bicyclic) bond motifs is 1. The minimum Gasteiger partial charge on any atom is -0.497 e. The minimum absolute atomic E-state index is 0. The zero-order chi connectivity index (χ0) is 19.7. The number of guanidine groups is 1. The van der Waals surface area contributed by atoms with Crippen molar-refractivity contribution in [3.8, 4) is 5.75 Å². The summed E-state index contributed by atoms with van der Waals surface area (Å²) < 4.78 is 11.3. The molecule has 2 heterocycles. The van der Waals surface area contributed by atoms with Gasteiger partial charge in [0.2, 0.25) is 0 Å². The molecule has 1 aromatic carbocycles. The molecule has 1 aliphatic carbocycles. The largest absolute Gasteiger partial charge is 0.497 e. The Morgan fingerprint density at radius 1 is 1.28 bits per heavy atom. The van der Waals surface area contributed by atoms with E-state index in [-0.39, 0.29) is 29.4 Å². The zero-order valence-corrected chi connectivity index (χ0v) is 20.4. The Hall–Kier alpha value is -1.22. The van der Waals surface area contributed by atoms with Gasteiger partial charge >= 0.3 is 0 Å². The minimum atomic E-state index is 0. The van der Waals surface area contributed by atoms with Gasteiger partial charge in [-0.15, -0.1) is 24.0 Å². The van der Waals surface area contributed by atoms with E-state index in [1.165, 1.54) is 5.69 Å². The summed E-state index contributed by atoms with van der Waals surface area (Å²) >= 11 is 0. The Labute approximate surface area is 192 Å². The molecular formula is C22H35IN4O2. The molecule has 7 heteroatoms. The van der Waals surface area contributed by atoms with Gasteiger partial charge in [-0.05, 0) is 25.5 Å². The SMILES string of the molecule is CCN=C(NC1C2CCOC2C1(C)C)N1CCN(c2cccc(OC)c2)CC1.I. The number of piperazine rings is 1. The van der Waals surface area contributed by atoms with E-state index in [2.05, 4.69) is 54.1 Å². The van der Waals surface area contributed by atoms with Crippen LogP contribution >= 0.6 is 24.0 Å². The zero-order valence-electron chi connectivity index (χ0n) is 18.1. The van der Waals surface area contributed by atoms with Crippen molar-refractivity contribution in [3.63, 3.8) is 0 Å². The maximum atomic E-state index is 5.96. The highest BCUT2D eigenvalue weighted by Gasteiger charge is 2.59. The molecule has 2 saturated heterocycles. The maximum absolute atomic E-state index is 5.96. The number of methoxy groups -OCH3 is 1. The Morgan fingerprint density at radius 3 is 2.72 bits per heavy atom. The van der Waals surface area contributed by atoms with Gasteiger partial charge in [0.05, 0.1) is 13.2 Å². The Morgan fingerprint density at radius 2 is 2.03 bits per heavy atom. The summed E-state index contributed by atoms with van der Waals surface area (Å²) in [5.41, 5.74) is 1.39. The van der Waals surface area contributed by atoms with Crippen molar-refractivity contribution in [2.45, 2.75) is 39.3 Å². The van der Waals surface area contributed by atoms with Crippen LogP contribution in [0.4, 0.5) is 5.69 Å². The van der Waals surface area contributed by atoms with Crippen LogP contribution in [-0.4, -0.2) is 69.4 Å². The molecule has 0 aromatic heterocycles. The van der Waals surface area contributed by atoms with E-state index < -0.39 is 0 Å². The number of hydrogen-bond donors (Lipinski definition) is 1. The molecule has 3 aliphatic rings. The first kappa shape index (κ1) is 22.5. The van der Waals surface area contributed by atoms with Crippen LogP contribution in [0.25, 0.3) is 0 Å². The van der Waals surface area contributed by atoms with Gasteiger partial charge in [0.25, 0.3) is 0 Å². The fourth-order valence-corrected chi connectivity index (χ4v) is 5.13. The molecule has 1 N–H and O–H groups in total. The van der Waals surface area contributed by atoms with Crippen molar-refractivity contribution in [1.82, 2.24) is 10.2 Å². The first-order chi connectivity index (χ1) is 13.5. The first-order valence-electron chi connectivity index (χ1n) is 10.6. The van der Waals surface area contributed by atoms with Crippen molar-refractivity contribution in [3.05, 3.63) is 24.3 Å². The Kier molecular flexibility index (Phi) is 7.19. The van der Waals surface area contributed by atoms with Crippen molar-refractivity contribution >= 4 is 35.6 Å². The van der Waals surface area contributed by atoms with Gasteiger partial charge < -0.3 is 24.6 Å². The van der Waals surface area contributed by atoms with E-state index in [1.54, 1.807) is 7.11 Å². The molecule has 3 fully saturated rings. The summed E-state index contributed by atoms with van der Waals surface area (Å²) in [6, 6.07) is 8.78. The van der Waals surface area contributed by atoms with Crippen LogP contribution in [0.15, 0.2) is 29.3 Å². The smallest absolute Gasteiger partial charge is 0.194 e. The molecule has 0 amide bonds. The highest BCUT2D eigenvalue weighted by Crippen LogP contribution is 2.52. The molecule has 0 bridgehead atoms. The highest BCUT2D eigenvalue weighted by atomic mass is 127. The van der Waals surface area contributed by atoms with Crippen LogP contribution in [0.5, 0.6) is 5.75 Å². The second-order valence-electron chi connectivity index (χ2n) is 8.66. The Balaban J connectivity index is 0.00000240. The molecule has 3 unspecified atom stereocenters. The van der Waals surface area contributed by atoms with Gasteiger partial charge in [-0.1, -0.05) is 19.9 Å². The van der Waals surface area contributed by atoms with Crippen LogP contribution in [0.1, 0.15) is 27.2 Å². The van der Waals surface area contributed by atoms with E-state index >= 15 is 0 Å². The van der Waals surface area contributed by atoms with Crippen LogP contribution in [0.3, 0.4) is 0 Å². The van der Waals surface area contributed by atoms with E-state index in [4.69, 9.17) is 14.5 Å². The molecule has 0 spiro atoms. The quantitative estimate of drug-likeness (QED) is 0.380. The van der Waals surface area contributed by atoms with E-state index in [0.29, 0.717) is 18.1 Å². The standard InChI is InChI=1S/C22H34N4O2.HI/c1-5-23-21(24-19-18-9-14-28-20(18)22(19,2)3)26-12-10-25(11-13-26)16-7-6-8-17(15-16)27-4;/h6-8,15,18-20H,5,9-14H2,1-4H3,(H,23,24);1H. The van der Waals surface area contributed by atoms with Crippen LogP contribution < -0.4 is 15.0 Å². The van der Waals surface area contributed by atoms with Crippen molar-refractivity contribution in [1.29, 1.82) is 0 Å². The lowest BCUT2D eigenvalue weighted by Gasteiger charge is -2.55. The number of halogens is 1. The van der Waals surface area contributed by atoms with Crippen LogP contribution in [0, 0.1) is 11.3 Å². The number of benzene rings is 1. The molecule has 4 rings (SSSR count). The summed E-state index contributed by atoms with van der Waals surface area (Å²) in [5, 5.41) is 3.82. The lowest BCUT2D eigenvalue weighted by molar-refractivity contribution is -0.107. The number of rotatable bonds is 4. The van der Waals surface area contributed by atoms with E-state index in [9.17, 15) is 0 Å². The topological polar surface area (TPSA) is 49.3 Å². The van der Waals surface area contributed by atoms with Gasteiger partial charge in [-0.3, -0.25) is 4.99 Å². The molecule has 29 heavy (non-hydrogen) atoms. The van der Waals surface area contributed by atoms with Gasteiger partial charge in [-0.25, -0.2) is 0 Å². The van der Waals surface area contributed by atoms with Gasteiger partial charge in [0.15, 0.2) is 5.96 Å². The predicted octanol–water partition coefficient (Wildman–Crippen LogP) is 3.21. The summed E-state index contributed by atoms with van der Waals surface area (Å²) in [6.45, 7) is 12.4. The summed E-state index contributed by atoms with van der Waals surface area (Å²) in [6.07, 6.45) is 1.56. The summed E-state index contributed by atoms with van der Waals surface area (Å²) in [5.74, 6) is 2.60. The molecule has 2 aliphatic heterocycles. The molecule has 1 aromatic rings. The third-order valence-electron chi connectivity index (χ3n) is 6.69. The molecular weight excluding hydrogens is 479 g/mol. The third-order valence-corrected chi connectivity index (χ3v) is 6.69. The number of nitrogens with zero attached hydrogens (tertiary/aromatic N) is 3. The second-order valence-corrected chi connectivity index (χ2v) is 8.66. The predicted molar refractivity (Wildman–Crippen MR) is 129 cm³/mol. The average molecular weight is 514 g/mol. The molecule has 6 nitrogen and oxygen atoms in total. The highest BCUT2D eigenvalue weighted by molar-refractivity contribution is 14.0. The van der Waals surface area contributed by atoms with Crippen LogP contribution in [-0.2, 0) is 4.74 Å². The monoisotopic (exact) mass is 514 g/mol. The fourth-order valence-electron chi connectivity index (χ4n) is 5.13. The normalized spacial score (nSPS) is 28.3. The summed E-state index contributed by atoms with van der Waals surface area (Å²) in [7, 11) is 1.72. The third kappa shape index (κ3) is 4.31. The van der Waals surface area contributed by atoms with Crippen molar-refractivity contribution < 1.29 is 9.47 Å². The lowest BCUT2D eigenvalue weighted by atomic mass is 9.57. The second kappa shape index (κ2) is 9.29. The molecule has 0 radical (unpaired) electrons. The Bertz CT molecular complexity index is 719. The number of aliphatic imine (C=N–C) groups is 1. The van der Waals surface area contributed by atoms with E-state index in [0.717, 1.165) is 57.5 Å². The van der Waals surface area contributed by atoms with Gasteiger partial charge in [-0.2, -0.15) is 0 Å². The van der Waals surface area contributed by atoms with Crippen molar-refractivity contribution in [2.24, 2.45) is 16.3 Å². The van der Waals surface area contributed by atoms with Crippen LogP contribution in [0.2, 0.25) is 0 Å². The fraction of sp³-hybridized carbons (Fsp3) is 0.682. The molecule has 1 saturated carbocycles. The first-order valence-corrected chi connectivity index (χ1v) is 10.6. The lowest BCUT2D eigenvalue weighted by Crippen LogP contribution is -2.68. The van der Waals surface area contributed by atoms with Gasteiger partial charge in [0, 0.05) is 68.5 Å². The van der Waals surface area contributed by atoms with Crippen molar-refractivity contribution in [2.75, 3.05) is 51.3 Å². The number of hydrogen-bond acceptors (Lipinski definition) is 4. The summed E-state index contributed by atoms with van der Waals surface area (Å²) in [4.78, 5) is 9.67.